The Kier molecular flexibility index (Phi) is 5.46. The maximum absolute atomic E-state index is 11.8. The Labute approximate surface area is 114 Å². The van der Waals surface area contributed by atoms with Gasteiger partial charge < -0.3 is 10.3 Å². The van der Waals surface area contributed by atoms with E-state index in [0.29, 0.717) is 0 Å². The van der Waals surface area contributed by atoms with Crippen molar-refractivity contribution in [1.29, 1.82) is 0 Å². The third-order valence-corrected chi connectivity index (χ3v) is 2.92. The molecule has 19 heavy (non-hydrogen) atoms. The van der Waals surface area contributed by atoms with Gasteiger partial charge in [-0.1, -0.05) is 38.2 Å². The number of hydrogen-bond acceptors (Lipinski definition) is 2. The molecule has 4 heteroatoms. The molecule has 0 fully saturated rings. The van der Waals surface area contributed by atoms with E-state index in [4.69, 9.17) is 10.3 Å². The standard InChI is InChI=1S/C15H20N2O2/c1-4-5-6-7-10-19-14(18)13(17-16)12-8-9-15(2,3)11-12/h4-8H,9-11H2,1-3H3/b5-4+,7-6+. The lowest BCUT2D eigenvalue weighted by Crippen LogP contribution is -2.21. The van der Waals surface area contributed by atoms with Crippen LogP contribution in [0.4, 0.5) is 0 Å². The second kappa shape index (κ2) is 6.86. The summed E-state index contributed by atoms with van der Waals surface area (Å²) in [6.07, 6.45) is 10.8. The van der Waals surface area contributed by atoms with Gasteiger partial charge in [-0.05, 0) is 31.3 Å². The molecule has 0 N–H and O–H groups in total. The maximum Gasteiger partial charge on any atom is 0.422 e. The van der Waals surface area contributed by atoms with E-state index in [1.54, 1.807) is 12.2 Å². The Morgan fingerprint density at radius 2 is 2.26 bits per heavy atom. The molecule has 1 aliphatic carbocycles. The summed E-state index contributed by atoms with van der Waals surface area (Å²) < 4.78 is 5.03. The topological polar surface area (TPSA) is 62.7 Å². The molecule has 0 aromatic carbocycles. The zero-order valence-corrected chi connectivity index (χ0v) is 11.7. The Bertz CT molecular complexity index is 478. The van der Waals surface area contributed by atoms with Gasteiger partial charge >= 0.3 is 11.7 Å². The number of hydrogen-bond donors (Lipinski definition) is 0. The quantitative estimate of drug-likeness (QED) is 0.251. The summed E-state index contributed by atoms with van der Waals surface area (Å²) >= 11 is 0. The van der Waals surface area contributed by atoms with Crippen LogP contribution in [0.5, 0.6) is 0 Å². The van der Waals surface area contributed by atoms with Crippen LogP contribution in [0.25, 0.3) is 5.53 Å². The van der Waals surface area contributed by atoms with Crippen molar-refractivity contribution in [2.24, 2.45) is 5.41 Å². The molecular weight excluding hydrogens is 240 g/mol. The number of carbonyl (C=O) groups is 1. The van der Waals surface area contributed by atoms with Gasteiger partial charge in [-0.3, -0.25) is 0 Å². The number of allylic oxidation sites excluding steroid dienone is 4. The molecule has 1 aliphatic rings. The van der Waals surface area contributed by atoms with Gasteiger partial charge in [-0.15, -0.1) is 0 Å². The first kappa shape index (κ1) is 15.1. The average molecular weight is 260 g/mol. The average Bonchev–Trinajstić information content (AvgIpc) is 2.70. The van der Waals surface area contributed by atoms with Crippen molar-refractivity contribution in [3.63, 3.8) is 0 Å². The van der Waals surface area contributed by atoms with Crippen molar-refractivity contribution >= 4 is 11.7 Å². The normalized spacial score (nSPS) is 17.5. The van der Waals surface area contributed by atoms with Crippen molar-refractivity contribution < 1.29 is 14.3 Å². The highest BCUT2D eigenvalue weighted by Gasteiger charge is 2.35. The molecule has 0 radical (unpaired) electrons. The maximum atomic E-state index is 11.8. The molecule has 0 saturated heterocycles. The SMILES string of the molecule is C/C=C/C=C/COC(=O)C(=[N+]=[N-])C1=CCC(C)(C)C1. The molecule has 0 aromatic heterocycles. The van der Waals surface area contributed by atoms with Crippen LogP contribution in [0.2, 0.25) is 0 Å². The van der Waals surface area contributed by atoms with E-state index in [1.807, 2.05) is 25.2 Å². The van der Waals surface area contributed by atoms with E-state index in [0.717, 1.165) is 18.4 Å². The molecular formula is C15H20N2O2. The van der Waals surface area contributed by atoms with Crippen molar-refractivity contribution in [2.75, 3.05) is 6.61 Å². The molecule has 0 unspecified atom stereocenters. The van der Waals surface area contributed by atoms with E-state index in [2.05, 4.69) is 18.6 Å². The molecule has 0 amide bonds. The highest BCUT2D eigenvalue weighted by molar-refractivity contribution is 6.40. The van der Waals surface area contributed by atoms with E-state index >= 15 is 0 Å². The van der Waals surface area contributed by atoms with Crippen molar-refractivity contribution in [3.05, 3.63) is 41.5 Å². The molecule has 0 aromatic rings. The lowest BCUT2D eigenvalue weighted by atomic mass is 9.89. The van der Waals surface area contributed by atoms with E-state index in [9.17, 15) is 4.79 Å². The Balaban J connectivity index is 2.58. The van der Waals surface area contributed by atoms with Crippen LogP contribution in [0.3, 0.4) is 0 Å². The van der Waals surface area contributed by atoms with E-state index in [-0.39, 0.29) is 17.7 Å². The first-order valence-corrected chi connectivity index (χ1v) is 6.36. The highest BCUT2D eigenvalue weighted by atomic mass is 16.5. The fraction of sp³-hybridized carbons (Fsp3) is 0.467. The first-order valence-electron chi connectivity index (χ1n) is 6.36. The molecule has 0 atom stereocenters. The van der Waals surface area contributed by atoms with Gasteiger partial charge in [0.05, 0.1) is 0 Å². The van der Waals surface area contributed by atoms with Crippen LogP contribution in [-0.2, 0) is 9.53 Å². The van der Waals surface area contributed by atoms with Gasteiger partial charge in [-0.2, -0.15) is 4.79 Å². The lowest BCUT2D eigenvalue weighted by molar-refractivity contribution is -0.138. The summed E-state index contributed by atoms with van der Waals surface area (Å²) in [6, 6.07) is 0. The molecule has 1 rings (SSSR count). The lowest BCUT2D eigenvalue weighted by Gasteiger charge is -2.15. The van der Waals surface area contributed by atoms with E-state index in [1.165, 1.54) is 0 Å². The third-order valence-electron chi connectivity index (χ3n) is 2.92. The number of ether oxygens (including phenoxy) is 1. The monoisotopic (exact) mass is 260 g/mol. The van der Waals surface area contributed by atoms with Gasteiger partial charge in [0.1, 0.15) is 6.61 Å². The minimum atomic E-state index is -0.587. The molecule has 0 spiro atoms. The summed E-state index contributed by atoms with van der Waals surface area (Å²) in [5.41, 5.74) is 9.87. The minimum absolute atomic E-state index is 0.0185. The fourth-order valence-corrected chi connectivity index (χ4v) is 1.91. The van der Waals surface area contributed by atoms with Crippen LogP contribution >= 0.6 is 0 Å². The van der Waals surface area contributed by atoms with Crippen LogP contribution in [0.1, 0.15) is 33.6 Å². The minimum Gasteiger partial charge on any atom is -0.453 e. The van der Waals surface area contributed by atoms with Crippen molar-refractivity contribution in [2.45, 2.75) is 33.6 Å². The third kappa shape index (κ3) is 4.68. The molecule has 0 heterocycles. The first-order chi connectivity index (χ1) is 9.00. The van der Waals surface area contributed by atoms with Crippen molar-refractivity contribution in [3.8, 4) is 0 Å². The predicted molar refractivity (Wildman–Crippen MR) is 74.6 cm³/mol. The van der Waals surface area contributed by atoms with Gasteiger partial charge in [0.15, 0.2) is 0 Å². The summed E-state index contributed by atoms with van der Waals surface area (Å²) in [5.74, 6) is -0.587. The summed E-state index contributed by atoms with van der Waals surface area (Å²) in [7, 11) is 0. The van der Waals surface area contributed by atoms with Crippen LogP contribution in [0.15, 0.2) is 36.0 Å². The van der Waals surface area contributed by atoms with Gasteiger partial charge in [-0.25, -0.2) is 4.79 Å². The fourth-order valence-electron chi connectivity index (χ4n) is 1.91. The molecule has 4 nitrogen and oxygen atoms in total. The molecule has 0 saturated carbocycles. The summed E-state index contributed by atoms with van der Waals surface area (Å²) in [4.78, 5) is 14.9. The summed E-state index contributed by atoms with van der Waals surface area (Å²) in [6.45, 7) is 6.29. The zero-order valence-electron chi connectivity index (χ0n) is 11.7. The van der Waals surface area contributed by atoms with Crippen molar-refractivity contribution in [1.82, 2.24) is 0 Å². The predicted octanol–water partition coefficient (Wildman–Crippen LogP) is 3.08. The van der Waals surface area contributed by atoms with Gasteiger partial charge in [0.25, 0.3) is 0 Å². The Morgan fingerprint density at radius 1 is 1.53 bits per heavy atom. The van der Waals surface area contributed by atoms with Crippen LogP contribution in [0, 0.1) is 5.41 Å². The molecule has 0 bridgehead atoms. The highest BCUT2D eigenvalue weighted by Crippen LogP contribution is 2.36. The van der Waals surface area contributed by atoms with Crippen LogP contribution in [-0.4, -0.2) is 23.1 Å². The second-order valence-corrected chi connectivity index (χ2v) is 5.28. The molecule has 102 valence electrons. The van der Waals surface area contributed by atoms with Gasteiger partial charge in [0.2, 0.25) is 0 Å². The number of nitrogens with zero attached hydrogens (tertiary/aromatic N) is 2. The Morgan fingerprint density at radius 3 is 2.79 bits per heavy atom. The Hall–Kier alpha value is -1.93. The van der Waals surface area contributed by atoms with Gasteiger partial charge in [0, 0.05) is 5.57 Å². The summed E-state index contributed by atoms with van der Waals surface area (Å²) in [5, 5.41) is 0. The number of carbonyl (C=O) groups excluding carboxylic acids is 1. The van der Waals surface area contributed by atoms with E-state index < -0.39 is 5.97 Å². The second-order valence-electron chi connectivity index (χ2n) is 5.28. The zero-order chi connectivity index (χ0) is 14.3. The molecule has 0 aliphatic heterocycles. The largest absolute Gasteiger partial charge is 0.453 e. The number of rotatable bonds is 5. The smallest absolute Gasteiger partial charge is 0.422 e. The number of esters is 1. The van der Waals surface area contributed by atoms with Crippen LogP contribution < -0.4 is 0 Å².